The highest BCUT2D eigenvalue weighted by Gasteiger charge is 2.16. The molecule has 0 bridgehead atoms. The van der Waals surface area contributed by atoms with Crippen LogP contribution in [0.2, 0.25) is 0 Å². The van der Waals surface area contributed by atoms with Crippen molar-refractivity contribution in [2.45, 2.75) is 38.6 Å². The van der Waals surface area contributed by atoms with E-state index in [1.807, 2.05) is 0 Å². The van der Waals surface area contributed by atoms with Crippen molar-refractivity contribution in [1.82, 2.24) is 5.32 Å². The van der Waals surface area contributed by atoms with Gasteiger partial charge in [-0.05, 0) is 31.7 Å². The van der Waals surface area contributed by atoms with Crippen LogP contribution in [0.15, 0.2) is 0 Å². The lowest BCUT2D eigenvalue weighted by atomic mass is 9.92. The third-order valence-corrected chi connectivity index (χ3v) is 3.05. The molecule has 0 spiro atoms. The molecule has 90 valence electrons. The number of ether oxygens (including phenoxy) is 2. The van der Waals surface area contributed by atoms with Crippen molar-refractivity contribution in [2.75, 3.05) is 33.5 Å². The smallest absolute Gasteiger partial charge is 0.0700 e. The number of rotatable bonds is 9. The number of nitrogens with one attached hydrogen (secondary N) is 1. The Balaban J connectivity index is 1.82. The predicted molar refractivity (Wildman–Crippen MR) is 62.1 cm³/mol. The van der Waals surface area contributed by atoms with Crippen molar-refractivity contribution in [1.29, 1.82) is 0 Å². The first-order chi connectivity index (χ1) is 7.33. The van der Waals surface area contributed by atoms with E-state index in [0.717, 1.165) is 32.2 Å². The molecule has 0 heterocycles. The summed E-state index contributed by atoms with van der Waals surface area (Å²) in [6, 6.07) is 0.807. The summed E-state index contributed by atoms with van der Waals surface area (Å²) >= 11 is 0. The van der Waals surface area contributed by atoms with E-state index in [4.69, 9.17) is 9.47 Å². The van der Waals surface area contributed by atoms with Gasteiger partial charge in [0.1, 0.15) is 0 Å². The molecular formula is C12H25NO2. The zero-order chi connectivity index (χ0) is 10.9. The third kappa shape index (κ3) is 6.13. The summed E-state index contributed by atoms with van der Waals surface area (Å²) in [4.78, 5) is 0. The van der Waals surface area contributed by atoms with Gasteiger partial charge in [0.05, 0.1) is 13.2 Å². The van der Waals surface area contributed by atoms with Gasteiger partial charge in [-0.25, -0.2) is 0 Å². The molecule has 0 saturated heterocycles. The highest BCUT2D eigenvalue weighted by atomic mass is 16.5. The predicted octanol–water partition coefficient (Wildman–Crippen LogP) is 1.82. The molecule has 3 nitrogen and oxygen atoms in total. The molecule has 1 atom stereocenters. The minimum atomic E-state index is 0.703. The molecule has 0 aromatic rings. The minimum absolute atomic E-state index is 0.703. The second-order valence-corrected chi connectivity index (χ2v) is 4.54. The summed E-state index contributed by atoms with van der Waals surface area (Å²) in [5.41, 5.74) is 0. The number of hydrogen-bond acceptors (Lipinski definition) is 3. The highest BCUT2D eigenvalue weighted by Crippen LogP contribution is 2.18. The molecule has 1 aliphatic rings. The van der Waals surface area contributed by atoms with Gasteiger partial charge in [-0.15, -0.1) is 0 Å². The molecule has 15 heavy (non-hydrogen) atoms. The maximum atomic E-state index is 5.44. The third-order valence-electron chi connectivity index (χ3n) is 3.05. The summed E-state index contributed by atoms with van der Waals surface area (Å²) < 4.78 is 10.4. The van der Waals surface area contributed by atoms with Gasteiger partial charge in [-0.2, -0.15) is 0 Å². The SMILES string of the molecule is COCCOCCC(C)CNC1CCC1. The lowest BCUT2D eigenvalue weighted by molar-refractivity contribution is 0.0642. The Morgan fingerprint density at radius 1 is 1.27 bits per heavy atom. The van der Waals surface area contributed by atoms with Crippen LogP contribution in [0.3, 0.4) is 0 Å². The summed E-state index contributed by atoms with van der Waals surface area (Å²) in [7, 11) is 1.70. The Labute approximate surface area is 93.5 Å². The molecule has 0 aromatic heterocycles. The maximum Gasteiger partial charge on any atom is 0.0700 e. The fourth-order valence-electron chi connectivity index (χ4n) is 1.61. The van der Waals surface area contributed by atoms with Crippen LogP contribution in [-0.4, -0.2) is 39.5 Å². The Morgan fingerprint density at radius 2 is 2.07 bits per heavy atom. The summed E-state index contributed by atoms with van der Waals surface area (Å²) in [6.45, 7) is 5.70. The Hall–Kier alpha value is -0.120. The van der Waals surface area contributed by atoms with Gasteiger partial charge in [0.25, 0.3) is 0 Å². The highest BCUT2D eigenvalue weighted by molar-refractivity contribution is 4.76. The molecule has 1 aliphatic carbocycles. The summed E-state index contributed by atoms with van der Waals surface area (Å²) in [5.74, 6) is 0.716. The molecule has 1 unspecified atom stereocenters. The van der Waals surface area contributed by atoms with Gasteiger partial charge >= 0.3 is 0 Å². The van der Waals surface area contributed by atoms with Crippen LogP contribution in [0.1, 0.15) is 32.6 Å². The first-order valence-electron chi connectivity index (χ1n) is 6.13. The molecule has 3 heteroatoms. The van der Waals surface area contributed by atoms with E-state index in [9.17, 15) is 0 Å². The fourth-order valence-corrected chi connectivity index (χ4v) is 1.61. The van der Waals surface area contributed by atoms with E-state index in [-0.39, 0.29) is 0 Å². The van der Waals surface area contributed by atoms with Gasteiger partial charge in [0.15, 0.2) is 0 Å². The van der Waals surface area contributed by atoms with Gasteiger partial charge in [0.2, 0.25) is 0 Å². The number of methoxy groups -OCH3 is 1. The summed E-state index contributed by atoms with van der Waals surface area (Å²) in [6.07, 6.45) is 5.30. The largest absolute Gasteiger partial charge is 0.382 e. The molecule has 0 aromatic carbocycles. The topological polar surface area (TPSA) is 30.5 Å². The van der Waals surface area contributed by atoms with Gasteiger partial charge in [-0.1, -0.05) is 13.3 Å². The van der Waals surface area contributed by atoms with Crippen molar-refractivity contribution < 1.29 is 9.47 Å². The van der Waals surface area contributed by atoms with Crippen LogP contribution >= 0.6 is 0 Å². The van der Waals surface area contributed by atoms with E-state index in [1.165, 1.54) is 19.3 Å². The van der Waals surface area contributed by atoms with Gasteiger partial charge < -0.3 is 14.8 Å². The maximum absolute atomic E-state index is 5.44. The van der Waals surface area contributed by atoms with Crippen LogP contribution in [0.4, 0.5) is 0 Å². The minimum Gasteiger partial charge on any atom is -0.382 e. The zero-order valence-corrected chi connectivity index (χ0v) is 10.1. The summed E-state index contributed by atoms with van der Waals surface area (Å²) in [5, 5.41) is 3.59. The first-order valence-corrected chi connectivity index (χ1v) is 6.13. The number of hydrogen-bond donors (Lipinski definition) is 1. The van der Waals surface area contributed by atoms with Crippen LogP contribution in [0.25, 0.3) is 0 Å². The fraction of sp³-hybridized carbons (Fsp3) is 1.00. The van der Waals surface area contributed by atoms with Gasteiger partial charge in [-0.3, -0.25) is 0 Å². The van der Waals surface area contributed by atoms with Crippen molar-refractivity contribution in [3.05, 3.63) is 0 Å². The van der Waals surface area contributed by atoms with Crippen molar-refractivity contribution in [2.24, 2.45) is 5.92 Å². The van der Waals surface area contributed by atoms with Gasteiger partial charge in [0, 0.05) is 19.8 Å². The average molecular weight is 215 g/mol. The average Bonchev–Trinajstić information content (AvgIpc) is 2.15. The van der Waals surface area contributed by atoms with Crippen LogP contribution < -0.4 is 5.32 Å². The quantitative estimate of drug-likeness (QED) is 0.595. The Morgan fingerprint density at radius 3 is 2.67 bits per heavy atom. The lowest BCUT2D eigenvalue weighted by Crippen LogP contribution is -2.37. The van der Waals surface area contributed by atoms with E-state index in [1.54, 1.807) is 7.11 Å². The van der Waals surface area contributed by atoms with Crippen molar-refractivity contribution in [3.63, 3.8) is 0 Å². The molecule has 0 amide bonds. The molecule has 1 fully saturated rings. The molecule has 1 rings (SSSR count). The zero-order valence-electron chi connectivity index (χ0n) is 10.1. The standard InChI is InChI=1S/C12H25NO2/c1-11(6-7-15-9-8-14-2)10-13-12-4-3-5-12/h11-13H,3-10H2,1-2H3. The van der Waals surface area contributed by atoms with Crippen molar-refractivity contribution in [3.8, 4) is 0 Å². The van der Waals surface area contributed by atoms with Crippen molar-refractivity contribution >= 4 is 0 Å². The van der Waals surface area contributed by atoms with Crippen LogP contribution in [-0.2, 0) is 9.47 Å². The monoisotopic (exact) mass is 215 g/mol. The molecular weight excluding hydrogens is 190 g/mol. The Kier molecular flexibility index (Phi) is 6.98. The molecule has 1 saturated carbocycles. The van der Waals surface area contributed by atoms with E-state index in [0.29, 0.717) is 12.5 Å². The molecule has 0 radical (unpaired) electrons. The molecule has 1 N–H and O–H groups in total. The first kappa shape index (κ1) is 12.9. The van der Waals surface area contributed by atoms with Crippen LogP contribution in [0, 0.1) is 5.92 Å². The Bertz CT molecular complexity index is 149. The van der Waals surface area contributed by atoms with E-state index in [2.05, 4.69) is 12.2 Å². The van der Waals surface area contributed by atoms with E-state index < -0.39 is 0 Å². The van der Waals surface area contributed by atoms with Crippen LogP contribution in [0.5, 0.6) is 0 Å². The second kappa shape index (κ2) is 8.08. The second-order valence-electron chi connectivity index (χ2n) is 4.54. The molecule has 0 aliphatic heterocycles. The normalized spacial score (nSPS) is 18.8. The lowest BCUT2D eigenvalue weighted by Gasteiger charge is -2.28. The van der Waals surface area contributed by atoms with E-state index >= 15 is 0 Å².